The standard InChI is InChI=1S/C8H17N.C2H6/c1-7-4-5-9(3)8(2)6-7;1-2/h7-8H,4-6H2,1-3H3;1-2H3. The summed E-state index contributed by atoms with van der Waals surface area (Å²) in [6.07, 6.45) is 2.78. The maximum atomic E-state index is 2.44. The molecule has 0 aromatic carbocycles. The molecular weight excluding hydrogens is 134 g/mol. The average molecular weight is 157 g/mol. The van der Waals surface area contributed by atoms with Crippen molar-refractivity contribution < 1.29 is 0 Å². The number of likely N-dealkylation sites (tertiary alicyclic amines) is 1. The quantitative estimate of drug-likeness (QED) is 0.522. The van der Waals surface area contributed by atoms with Gasteiger partial charge in [-0.3, -0.25) is 0 Å². The number of hydrogen-bond acceptors (Lipinski definition) is 1. The van der Waals surface area contributed by atoms with E-state index in [1.807, 2.05) is 13.8 Å². The van der Waals surface area contributed by atoms with Gasteiger partial charge in [-0.1, -0.05) is 20.8 Å². The molecule has 1 rings (SSSR count). The molecule has 0 aromatic rings. The summed E-state index contributed by atoms with van der Waals surface area (Å²) in [6, 6.07) is 0.814. The second-order valence-electron chi connectivity index (χ2n) is 3.46. The third kappa shape index (κ3) is 3.76. The summed E-state index contributed by atoms with van der Waals surface area (Å²) in [4.78, 5) is 2.44. The van der Waals surface area contributed by atoms with Crippen molar-refractivity contribution in [3.8, 4) is 0 Å². The summed E-state index contributed by atoms with van der Waals surface area (Å²) in [6.45, 7) is 9.96. The predicted molar refractivity (Wildman–Crippen MR) is 51.8 cm³/mol. The van der Waals surface area contributed by atoms with Crippen molar-refractivity contribution in [1.82, 2.24) is 4.90 Å². The highest BCUT2D eigenvalue weighted by molar-refractivity contribution is 4.73. The van der Waals surface area contributed by atoms with Crippen LogP contribution in [0.5, 0.6) is 0 Å². The Kier molecular flexibility index (Phi) is 5.57. The van der Waals surface area contributed by atoms with E-state index in [-0.39, 0.29) is 0 Å². The lowest BCUT2D eigenvalue weighted by Gasteiger charge is -2.33. The van der Waals surface area contributed by atoms with Crippen LogP contribution in [0.25, 0.3) is 0 Å². The van der Waals surface area contributed by atoms with Crippen molar-refractivity contribution in [2.45, 2.75) is 46.6 Å². The van der Waals surface area contributed by atoms with E-state index < -0.39 is 0 Å². The minimum atomic E-state index is 0.814. The topological polar surface area (TPSA) is 3.24 Å². The fourth-order valence-corrected chi connectivity index (χ4v) is 1.52. The van der Waals surface area contributed by atoms with Crippen LogP contribution in [0.4, 0.5) is 0 Å². The number of nitrogens with zero attached hydrogens (tertiary/aromatic N) is 1. The van der Waals surface area contributed by atoms with Gasteiger partial charge in [0.2, 0.25) is 0 Å². The monoisotopic (exact) mass is 157 g/mol. The van der Waals surface area contributed by atoms with E-state index in [2.05, 4.69) is 25.8 Å². The maximum absolute atomic E-state index is 2.44. The lowest BCUT2D eigenvalue weighted by molar-refractivity contribution is 0.162. The van der Waals surface area contributed by atoms with E-state index in [0.29, 0.717) is 0 Å². The highest BCUT2D eigenvalue weighted by Gasteiger charge is 2.18. The second-order valence-corrected chi connectivity index (χ2v) is 3.46. The van der Waals surface area contributed by atoms with Crippen molar-refractivity contribution >= 4 is 0 Å². The third-order valence-corrected chi connectivity index (χ3v) is 2.47. The molecule has 1 aliphatic heterocycles. The maximum Gasteiger partial charge on any atom is 0.00664 e. The van der Waals surface area contributed by atoms with Crippen molar-refractivity contribution in [1.29, 1.82) is 0 Å². The molecule has 68 valence electrons. The second kappa shape index (κ2) is 5.59. The molecule has 11 heavy (non-hydrogen) atoms. The lowest BCUT2D eigenvalue weighted by atomic mass is 9.94. The Morgan fingerprint density at radius 2 is 1.73 bits per heavy atom. The third-order valence-electron chi connectivity index (χ3n) is 2.47. The van der Waals surface area contributed by atoms with Gasteiger partial charge in [0.05, 0.1) is 0 Å². The van der Waals surface area contributed by atoms with Crippen LogP contribution in [0, 0.1) is 5.92 Å². The number of rotatable bonds is 0. The zero-order chi connectivity index (χ0) is 8.85. The lowest BCUT2D eigenvalue weighted by Crippen LogP contribution is -2.36. The molecule has 0 radical (unpaired) electrons. The molecule has 0 N–H and O–H groups in total. The molecule has 2 atom stereocenters. The summed E-state index contributed by atoms with van der Waals surface area (Å²) in [5, 5.41) is 0. The van der Waals surface area contributed by atoms with Crippen molar-refractivity contribution in [2.24, 2.45) is 5.92 Å². The van der Waals surface area contributed by atoms with E-state index in [9.17, 15) is 0 Å². The van der Waals surface area contributed by atoms with Crippen LogP contribution in [0.1, 0.15) is 40.5 Å². The van der Waals surface area contributed by atoms with Crippen LogP contribution in [0.15, 0.2) is 0 Å². The highest BCUT2D eigenvalue weighted by Crippen LogP contribution is 2.19. The van der Waals surface area contributed by atoms with Crippen molar-refractivity contribution in [3.05, 3.63) is 0 Å². The van der Waals surface area contributed by atoms with Crippen molar-refractivity contribution in [3.63, 3.8) is 0 Å². The molecule has 0 aliphatic carbocycles. The minimum Gasteiger partial charge on any atom is -0.304 e. The Morgan fingerprint density at radius 1 is 1.18 bits per heavy atom. The first-order valence-corrected chi connectivity index (χ1v) is 4.90. The first kappa shape index (κ1) is 11.0. The van der Waals surface area contributed by atoms with Crippen LogP contribution in [0.2, 0.25) is 0 Å². The Balaban J connectivity index is 0.000000461. The fraction of sp³-hybridized carbons (Fsp3) is 1.00. The molecule has 0 bridgehead atoms. The SMILES string of the molecule is CC.CC1CCN(C)C(C)C1. The first-order valence-electron chi connectivity index (χ1n) is 4.90. The van der Waals surface area contributed by atoms with E-state index >= 15 is 0 Å². The molecule has 1 fully saturated rings. The molecule has 0 saturated carbocycles. The Bertz CT molecular complexity index is 90.9. The van der Waals surface area contributed by atoms with Gasteiger partial charge < -0.3 is 4.90 Å². The van der Waals surface area contributed by atoms with Crippen LogP contribution in [0.3, 0.4) is 0 Å². The Hall–Kier alpha value is -0.0400. The van der Waals surface area contributed by atoms with Gasteiger partial charge in [0.1, 0.15) is 0 Å². The molecule has 1 heteroatoms. The summed E-state index contributed by atoms with van der Waals surface area (Å²) in [5.41, 5.74) is 0. The molecule has 1 saturated heterocycles. The normalized spacial score (nSPS) is 32.5. The van der Waals surface area contributed by atoms with Gasteiger partial charge in [-0.25, -0.2) is 0 Å². The van der Waals surface area contributed by atoms with E-state index in [4.69, 9.17) is 0 Å². The summed E-state index contributed by atoms with van der Waals surface area (Å²) in [5.74, 6) is 0.955. The van der Waals surface area contributed by atoms with Gasteiger partial charge in [-0.15, -0.1) is 0 Å². The van der Waals surface area contributed by atoms with Gasteiger partial charge in [0.25, 0.3) is 0 Å². The molecule has 0 spiro atoms. The van der Waals surface area contributed by atoms with E-state index in [0.717, 1.165) is 12.0 Å². The van der Waals surface area contributed by atoms with E-state index in [1.54, 1.807) is 0 Å². The molecule has 1 nitrogen and oxygen atoms in total. The number of hydrogen-bond donors (Lipinski definition) is 0. The largest absolute Gasteiger partial charge is 0.304 e. The molecule has 1 heterocycles. The summed E-state index contributed by atoms with van der Waals surface area (Å²) in [7, 11) is 2.22. The zero-order valence-corrected chi connectivity index (χ0v) is 8.72. The molecule has 0 amide bonds. The summed E-state index contributed by atoms with van der Waals surface area (Å²) >= 11 is 0. The van der Waals surface area contributed by atoms with Gasteiger partial charge in [-0.2, -0.15) is 0 Å². The first-order chi connectivity index (χ1) is 5.20. The van der Waals surface area contributed by atoms with Crippen LogP contribution in [-0.2, 0) is 0 Å². The molecule has 1 aliphatic rings. The molecule has 0 aromatic heterocycles. The highest BCUT2D eigenvalue weighted by atomic mass is 15.1. The van der Waals surface area contributed by atoms with E-state index in [1.165, 1.54) is 19.4 Å². The minimum absolute atomic E-state index is 0.814. The fourth-order valence-electron chi connectivity index (χ4n) is 1.52. The Labute approximate surface area is 71.8 Å². The van der Waals surface area contributed by atoms with Crippen LogP contribution in [-0.4, -0.2) is 24.5 Å². The van der Waals surface area contributed by atoms with Crippen LogP contribution >= 0.6 is 0 Å². The van der Waals surface area contributed by atoms with Gasteiger partial charge in [0.15, 0.2) is 0 Å². The van der Waals surface area contributed by atoms with Crippen LogP contribution < -0.4 is 0 Å². The predicted octanol–water partition coefficient (Wildman–Crippen LogP) is 2.76. The van der Waals surface area contributed by atoms with Gasteiger partial charge in [-0.05, 0) is 39.3 Å². The number of piperidine rings is 1. The van der Waals surface area contributed by atoms with Crippen molar-refractivity contribution in [2.75, 3.05) is 13.6 Å². The Morgan fingerprint density at radius 3 is 2.09 bits per heavy atom. The zero-order valence-electron chi connectivity index (χ0n) is 8.72. The smallest absolute Gasteiger partial charge is 0.00664 e. The summed E-state index contributed by atoms with van der Waals surface area (Å²) < 4.78 is 0. The van der Waals surface area contributed by atoms with Gasteiger partial charge in [0, 0.05) is 6.04 Å². The molecular formula is C10H23N. The van der Waals surface area contributed by atoms with Gasteiger partial charge >= 0.3 is 0 Å². The average Bonchev–Trinajstić information content (AvgIpc) is 2.02. The molecule has 2 unspecified atom stereocenters.